The van der Waals surface area contributed by atoms with Crippen molar-refractivity contribution < 1.29 is 19.4 Å². The number of amides is 2. The molecule has 1 aromatic carbocycles. The lowest BCUT2D eigenvalue weighted by atomic mass is 9.68. The van der Waals surface area contributed by atoms with Crippen LogP contribution in [0.15, 0.2) is 36.4 Å². The molecule has 0 aromatic heterocycles. The number of hydrogen-bond donors (Lipinski definition) is 1. The van der Waals surface area contributed by atoms with Crippen molar-refractivity contribution in [3.63, 3.8) is 0 Å². The molecular weight excluding hydrogens is 492 g/mol. The summed E-state index contributed by atoms with van der Waals surface area (Å²) in [6.07, 6.45) is 3.51. The van der Waals surface area contributed by atoms with Crippen LogP contribution in [0.1, 0.15) is 17.9 Å². The van der Waals surface area contributed by atoms with Gasteiger partial charge in [-0.15, -0.1) is 23.2 Å². The number of nitrogens with zero attached hydrogens (tertiary/aromatic N) is 1. The first-order valence-electron chi connectivity index (χ1n) is 7.72. The van der Waals surface area contributed by atoms with Gasteiger partial charge in [-0.1, -0.05) is 18.7 Å². The van der Waals surface area contributed by atoms with Crippen LogP contribution in [0.2, 0.25) is 0 Å². The summed E-state index contributed by atoms with van der Waals surface area (Å²) in [6.45, 7) is 3.81. The van der Waals surface area contributed by atoms with E-state index in [1.807, 2.05) is 22.6 Å². The fourth-order valence-corrected chi connectivity index (χ4v) is 5.22. The van der Waals surface area contributed by atoms with E-state index in [0.29, 0.717) is 14.7 Å². The van der Waals surface area contributed by atoms with E-state index in [1.165, 1.54) is 14.2 Å². The molecule has 0 spiro atoms. The number of fused-ring (bicyclic) bond motifs is 1. The van der Waals surface area contributed by atoms with Crippen LogP contribution >= 0.6 is 45.8 Å². The van der Waals surface area contributed by atoms with Gasteiger partial charge in [0.1, 0.15) is 0 Å². The number of allylic oxidation sites excluding steroid dienone is 3. The quantitative estimate of drug-likeness (QED) is 0.386. The highest BCUT2D eigenvalue weighted by molar-refractivity contribution is 14.1. The average Bonchev–Trinajstić information content (AvgIpc) is 2.75. The molecule has 1 heterocycles. The molecule has 138 valence electrons. The van der Waals surface area contributed by atoms with Crippen LogP contribution in [0.4, 0.5) is 0 Å². The predicted octanol–water partition coefficient (Wildman–Crippen LogP) is 3.56. The number of likely N-dealkylation sites (tertiary alicyclic amines) is 1. The van der Waals surface area contributed by atoms with Crippen molar-refractivity contribution in [2.75, 3.05) is 14.2 Å². The minimum absolute atomic E-state index is 0.0107. The van der Waals surface area contributed by atoms with Crippen LogP contribution < -0.4 is 4.74 Å². The van der Waals surface area contributed by atoms with Gasteiger partial charge >= 0.3 is 0 Å². The molecule has 0 unspecified atom stereocenters. The number of rotatable bonds is 3. The highest BCUT2D eigenvalue weighted by Crippen LogP contribution is 2.59. The third-order valence-corrected chi connectivity index (χ3v) is 7.26. The normalized spacial score (nSPS) is 30.9. The molecule has 0 bridgehead atoms. The van der Waals surface area contributed by atoms with E-state index in [9.17, 15) is 14.7 Å². The molecule has 3 atom stereocenters. The minimum atomic E-state index is -1.70. The van der Waals surface area contributed by atoms with Gasteiger partial charge in [0.05, 0.1) is 10.7 Å². The number of ether oxygens (including phenoxy) is 1. The molecule has 1 N–H and O–H groups in total. The summed E-state index contributed by atoms with van der Waals surface area (Å²) in [5.41, 5.74) is 1.29. The van der Waals surface area contributed by atoms with E-state index in [-0.39, 0.29) is 17.9 Å². The van der Waals surface area contributed by atoms with Crippen LogP contribution in [-0.4, -0.2) is 45.7 Å². The first kappa shape index (κ1) is 19.5. The van der Waals surface area contributed by atoms with Gasteiger partial charge in [0.15, 0.2) is 21.2 Å². The maximum absolute atomic E-state index is 13.0. The Morgan fingerprint density at radius 1 is 1.38 bits per heavy atom. The van der Waals surface area contributed by atoms with E-state index < -0.39 is 27.5 Å². The van der Waals surface area contributed by atoms with Crippen molar-refractivity contribution in [1.29, 1.82) is 0 Å². The number of phenolic OH excluding ortho intramolecular Hbond substituents is 1. The second-order valence-electron chi connectivity index (χ2n) is 6.28. The average molecular weight is 508 g/mol. The molecule has 2 aliphatic rings. The maximum Gasteiger partial charge on any atom is 0.253 e. The molecule has 1 aromatic rings. The first-order valence-corrected chi connectivity index (χ1v) is 9.56. The van der Waals surface area contributed by atoms with Crippen LogP contribution in [0, 0.1) is 3.57 Å². The molecular formula is C18H16Cl2INO4. The van der Waals surface area contributed by atoms with E-state index in [0.717, 1.165) is 4.90 Å². The molecule has 1 saturated heterocycles. The number of carbonyl (C=O) groups is 2. The van der Waals surface area contributed by atoms with Crippen molar-refractivity contribution >= 4 is 57.6 Å². The van der Waals surface area contributed by atoms with E-state index in [2.05, 4.69) is 6.58 Å². The molecule has 3 rings (SSSR count). The minimum Gasteiger partial charge on any atom is -0.504 e. The molecule has 1 fully saturated rings. The zero-order valence-electron chi connectivity index (χ0n) is 14.1. The lowest BCUT2D eigenvalue weighted by molar-refractivity contribution is -0.137. The molecule has 5 nitrogen and oxygen atoms in total. The van der Waals surface area contributed by atoms with Crippen LogP contribution in [0.5, 0.6) is 11.5 Å². The zero-order chi connectivity index (χ0) is 19.4. The summed E-state index contributed by atoms with van der Waals surface area (Å²) in [5.74, 6) is -1.57. The monoisotopic (exact) mass is 507 g/mol. The largest absolute Gasteiger partial charge is 0.504 e. The van der Waals surface area contributed by atoms with Gasteiger partial charge < -0.3 is 9.84 Å². The molecule has 0 saturated carbocycles. The summed E-state index contributed by atoms with van der Waals surface area (Å²) >= 11 is 15.5. The van der Waals surface area contributed by atoms with E-state index >= 15 is 0 Å². The second kappa shape index (κ2) is 6.42. The second-order valence-corrected chi connectivity index (χ2v) is 8.68. The molecule has 1 aliphatic carbocycles. The van der Waals surface area contributed by atoms with Gasteiger partial charge in [-0.25, -0.2) is 0 Å². The Bertz CT molecular complexity index is 871. The number of aromatic hydroxyl groups is 1. The highest BCUT2D eigenvalue weighted by Gasteiger charge is 2.72. The van der Waals surface area contributed by atoms with Gasteiger partial charge in [-0.3, -0.25) is 14.5 Å². The van der Waals surface area contributed by atoms with Crippen LogP contribution in [0.25, 0.3) is 0 Å². The number of phenols is 1. The van der Waals surface area contributed by atoms with Gasteiger partial charge in [-0.2, -0.15) is 0 Å². The van der Waals surface area contributed by atoms with Gasteiger partial charge in [-0.05, 0) is 52.3 Å². The van der Waals surface area contributed by atoms with Crippen molar-refractivity contribution in [2.24, 2.45) is 0 Å². The summed E-state index contributed by atoms with van der Waals surface area (Å²) in [4.78, 5) is 23.3. The van der Waals surface area contributed by atoms with Crippen molar-refractivity contribution in [1.82, 2.24) is 4.90 Å². The fourth-order valence-electron chi connectivity index (χ4n) is 3.66. The van der Waals surface area contributed by atoms with E-state index in [1.54, 1.807) is 24.3 Å². The Kier molecular flexibility index (Phi) is 4.82. The number of alkyl halides is 2. The number of hydrogen-bond acceptors (Lipinski definition) is 4. The van der Waals surface area contributed by atoms with Crippen molar-refractivity contribution in [3.8, 4) is 11.5 Å². The summed E-state index contributed by atoms with van der Waals surface area (Å²) in [5, 5.41) is 10.1. The summed E-state index contributed by atoms with van der Waals surface area (Å²) in [6, 6.07) is 3.30. The van der Waals surface area contributed by atoms with E-state index in [4.69, 9.17) is 27.9 Å². The van der Waals surface area contributed by atoms with Crippen LogP contribution in [-0.2, 0) is 9.59 Å². The number of carbonyl (C=O) groups excluding carboxylic acids is 2. The smallest absolute Gasteiger partial charge is 0.253 e. The number of benzene rings is 1. The lowest BCUT2D eigenvalue weighted by Crippen LogP contribution is -2.54. The molecule has 0 radical (unpaired) electrons. The Morgan fingerprint density at radius 3 is 2.62 bits per heavy atom. The lowest BCUT2D eigenvalue weighted by Gasteiger charge is -2.42. The Balaban J connectivity index is 2.30. The third-order valence-electron chi connectivity index (χ3n) is 5.03. The Labute approximate surface area is 174 Å². The van der Waals surface area contributed by atoms with Gasteiger partial charge in [0.2, 0.25) is 0 Å². The van der Waals surface area contributed by atoms with Gasteiger partial charge in [0.25, 0.3) is 11.8 Å². The Morgan fingerprint density at radius 2 is 2.04 bits per heavy atom. The van der Waals surface area contributed by atoms with Gasteiger partial charge in [0, 0.05) is 13.0 Å². The van der Waals surface area contributed by atoms with Crippen molar-refractivity contribution in [3.05, 3.63) is 45.6 Å². The molecule has 8 heteroatoms. The highest BCUT2D eigenvalue weighted by atomic mass is 127. The molecule has 26 heavy (non-hydrogen) atoms. The number of imide groups is 1. The molecule has 2 amide bonds. The first-order chi connectivity index (χ1) is 12.1. The third kappa shape index (κ3) is 2.34. The Hall–Kier alpha value is -1.25. The SMILES string of the molecule is C=CC1=CC[C@@]2(Cl)C(=O)N(C)C(=O)[C@@]2(Cl)[C@H]1c1cc(I)c(O)c(OC)c1. The standard InChI is InChI=1S/C18H16Cl2INO4/c1-4-9-5-6-17(19)15(24)22(2)16(25)18(17,20)13(9)10-7-11(21)14(23)12(8-10)26-3/h4-5,7-8,13,23H,1,6H2,2-3H3/t13-,17-,18+/m1/s1. The zero-order valence-corrected chi connectivity index (χ0v) is 17.7. The maximum atomic E-state index is 13.0. The van der Waals surface area contributed by atoms with Crippen molar-refractivity contribution in [2.45, 2.75) is 22.1 Å². The topological polar surface area (TPSA) is 66.8 Å². The summed E-state index contributed by atoms with van der Waals surface area (Å²) in [7, 11) is 2.81. The predicted molar refractivity (Wildman–Crippen MR) is 108 cm³/mol. The van der Waals surface area contributed by atoms with Crippen LogP contribution in [0.3, 0.4) is 0 Å². The fraction of sp³-hybridized carbons (Fsp3) is 0.333. The summed E-state index contributed by atoms with van der Waals surface area (Å²) < 4.78 is 5.75. The molecule has 1 aliphatic heterocycles. The number of methoxy groups -OCH3 is 1. The number of halogens is 3.